The zero-order valence-corrected chi connectivity index (χ0v) is 11.5. The van der Waals surface area contributed by atoms with Crippen molar-refractivity contribution in [3.05, 3.63) is 17.6 Å². The molecule has 2 nitrogen and oxygen atoms in total. The van der Waals surface area contributed by atoms with Crippen LogP contribution in [0.4, 0.5) is 0 Å². The van der Waals surface area contributed by atoms with Gasteiger partial charge in [-0.15, -0.1) is 11.3 Å². The van der Waals surface area contributed by atoms with Gasteiger partial charge in [0.25, 0.3) is 0 Å². The monoisotopic (exact) mass is 375 g/mol. The van der Waals surface area contributed by atoms with E-state index in [9.17, 15) is 0 Å². The van der Waals surface area contributed by atoms with Gasteiger partial charge in [0.05, 0.1) is 23.3 Å². The first kappa shape index (κ1) is 10.7. The van der Waals surface area contributed by atoms with E-state index >= 15 is 0 Å². The average Bonchev–Trinajstić information content (AvgIpc) is 2.32. The molecular weight excluding hydrogens is 374 g/mol. The van der Waals surface area contributed by atoms with E-state index in [-0.39, 0.29) is 0 Å². The van der Waals surface area contributed by atoms with Crippen LogP contribution in [0, 0.1) is 0 Å². The van der Waals surface area contributed by atoms with Crippen LogP contribution in [0.1, 0.15) is 11.8 Å². The summed E-state index contributed by atoms with van der Waals surface area (Å²) in [6, 6.07) is 0. The molecule has 0 aliphatic rings. The third-order valence-corrected chi connectivity index (χ3v) is 6.38. The zero-order valence-electron chi connectivity index (χ0n) is 5.94. The minimum Gasteiger partial charge on any atom is -0.411 e. The van der Waals surface area contributed by atoms with E-state index in [4.69, 9.17) is 5.21 Å². The summed E-state index contributed by atoms with van der Waals surface area (Å²) in [6.07, 6.45) is 0. The maximum Gasteiger partial charge on any atom is 0.0948 e. The van der Waals surface area contributed by atoms with Gasteiger partial charge in [0.15, 0.2) is 0 Å². The second-order valence-corrected chi connectivity index (χ2v) is 5.94. The Morgan fingerprint density at radius 1 is 1.33 bits per heavy atom. The lowest BCUT2D eigenvalue weighted by molar-refractivity contribution is 0.319. The molecule has 0 saturated heterocycles. The van der Waals surface area contributed by atoms with E-state index in [1.807, 2.05) is 0 Å². The van der Waals surface area contributed by atoms with Gasteiger partial charge in [-0.3, -0.25) is 0 Å². The molecule has 0 unspecified atom stereocenters. The minimum atomic E-state index is 0.596. The highest BCUT2D eigenvalue weighted by molar-refractivity contribution is 9.14. The van der Waals surface area contributed by atoms with Crippen LogP contribution in [-0.4, -0.2) is 10.9 Å². The summed E-state index contributed by atoms with van der Waals surface area (Å²) in [5.74, 6) is 0. The maximum absolute atomic E-state index is 8.56. The Morgan fingerprint density at radius 3 is 2.25 bits per heavy atom. The SMILES string of the molecule is C/C(=N\O)c1sc(Br)c(Br)c1Br. The van der Waals surface area contributed by atoms with Gasteiger partial charge in [0.2, 0.25) is 0 Å². The van der Waals surface area contributed by atoms with Gasteiger partial charge in [-0.2, -0.15) is 0 Å². The molecule has 0 radical (unpaired) electrons. The molecular formula is C6H4Br3NOS. The molecule has 1 heterocycles. The van der Waals surface area contributed by atoms with E-state index in [2.05, 4.69) is 52.9 Å². The quantitative estimate of drug-likeness (QED) is 0.443. The van der Waals surface area contributed by atoms with E-state index in [0.29, 0.717) is 5.71 Å². The van der Waals surface area contributed by atoms with Gasteiger partial charge >= 0.3 is 0 Å². The molecule has 0 saturated carbocycles. The van der Waals surface area contributed by atoms with Crippen molar-refractivity contribution in [2.45, 2.75) is 6.92 Å². The second kappa shape index (κ2) is 4.21. The third kappa shape index (κ3) is 1.92. The smallest absolute Gasteiger partial charge is 0.0948 e. The van der Waals surface area contributed by atoms with Gasteiger partial charge < -0.3 is 5.21 Å². The Bertz CT molecular complexity index is 334. The van der Waals surface area contributed by atoms with Crippen LogP contribution >= 0.6 is 59.1 Å². The highest BCUT2D eigenvalue weighted by atomic mass is 79.9. The molecule has 0 aliphatic heterocycles. The first-order chi connectivity index (χ1) is 5.57. The van der Waals surface area contributed by atoms with E-state index < -0.39 is 0 Å². The van der Waals surface area contributed by atoms with Crippen LogP contribution in [0.5, 0.6) is 0 Å². The number of halogens is 3. The van der Waals surface area contributed by atoms with Crippen molar-refractivity contribution in [2.75, 3.05) is 0 Å². The van der Waals surface area contributed by atoms with Crippen molar-refractivity contribution >= 4 is 64.8 Å². The van der Waals surface area contributed by atoms with E-state index in [1.165, 1.54) is 11.3 Å². The third-order valence-electron chi connectivity index (χ3n) is 1.23. The fourth-order valence-corrected chi connectivity index (χ4v) is 3.78. The molecule has 1 aromatic heterocycles. The predicted molar refractivity (Wildman–Crippen MR) is 61.4 cm³/mol. The van der Waals surface area contributed by atoms with Crippen molar-refractivity contribution in [3.63, 3.8) is 0 Å². The summed E-state index contributed by atoms with van der Waals surface area (Å²) in [4.78, 5) is 0.913. The van der Waals surface area contributed by atoms with Crippen molar-refractivity contribution in [1.82, 2.24) is 0 Å². The van der Waals surface area contributed by atoms with Gasteiger partial charge in [0, 0.05) is 0 Å². The average molecular weight is 378 g/mol. The molecule has 0 atom stereocenters. The Morgan fingerprint density at radius 2 is 1.92 bits per heavy atom. The van der Waals surface area contributed by atoms with E-state index in [0.717, 1.165) is 17.6 Å². The Balaban J connectivity index is 3.27. The Kier molecular flexibility index (Phi) is 3.75. The van der Waals surface area contributed by atoms with Crippen molar-refractivity contribution in [2.24, 2.45) is 5.16 Å². The maximum atomic E-state index is 8.56. The van der Waals surface area contributed by atoms with Gasteiger partial charge in [-0.25, -0.2) is 0 Å². The van der Waals surface area contributed by atoms with Gasteiger partial charge in [-0.05, 0) is 54.7 Å². The van der Waals surface area contributed by atoms with E-state index in [1.54, 1.807) is 6.92 Å². The molecule has 12 heavy (non-hydrogen) atoms. The number of rotatable bonds is 1. The molecule has 0 aromatic carbocycles. The van der Waals surface area contributed by atoms with Crippen molar-refractivity contribution < 1.29 is 5.21 Å². The zero-order chi connectivity index (χ0) is 9.30. The highest BCUT2D eigenvalue weighted by Crippen LogP contribution is 2.41. The molecule has 1 rings (SSSR count). The summed E-state index contributed by atoms with van der Waals surface area (Å²) < 4.78 is 2.84. The number of thiophene rings is 1. The Labute approximate surface area is 99.0 Å². The summed E-state index contributed by atoms with van der Waals surface area (Å²) in [7, 11) is 0. The van der Waals surface area contributed by atoms with Crippen LogP contribution in [0.15, 0.2) is 17.9 Å². The molecule has 0 spiro atoms. The van der Waals surface area contributed by atoms with Gasteiger partial charge in [0.1, 0.15) is 0 Å². The number of oxime groups is 1. The normalized spacial score (nSPS) is 12.2. The molecule has 1 N–H and O–H groups in total. The molecule has 6 heteroatoms. The number of hydrogen-bond acceptors (Lipinski definition) is 3. The van der Waals surface area contributed by atoms with Crippen LogP contribution in [0.25, 0.3) is 0 Å². The fraction of sp³-hybridized carbons (Fsp3) is 0.167. The van der Waals surface area contributed by atoms with Crippen LogP contribution in [0.3, 0.4) is 0 Å². The minimum absolute atomic E-state index is 0.596. The molecule has 0 aliphatic carbocycles. The predicted octanol–water partition coefficient (Wildman–Crippen LogP) is 4.23. The molecule has 0 bridgehead atoms. The summed E-state index contributed by atoms with van der Waals surface area (Å²) in [5.41, 5.74) is 0.596. The lowest BCUT2D eigenvalue weighted by atomic mass is 10.3. The van der Waals surface area contributed by atoms with Crippen molar-refractivity contribution in [3.8, 4) is 0 Å². The Hall–Kier alpha value is 0.610. The second-order valence-electron chi connectivity index (χ2n) is 2.02. The van der Waals surface area contributed by atoms with Crippen LogP contribution in [0.2, 0.25) is 0 Å². The first-order valence-corrected chi connectivity index (χ1v) is 6.09. The standard InChI is InChI=1S/C6H4Br3NOS/c1-2(10-11)5-3(7)4(8)6(9)12-5/h11H,1H3/b10-2+. The van der Waals surface area contributed by atoms with Crippen LogP contribution in [-0.2, 0) is 0 Å². The largest absolute Gasteiger partial charge is 0.411 e. The lowest BCUT2D eigenvalue weighted by Crippen LogP contribution is -1.90. The molecule has 0 fully saturated rings. The molecule has 0 amide bonds. The number of nitrogens with zero attached hydrogens (tertiary/aromatic N) is 1. The lowest BCUT2D eigenvalue weighted by Gasteiger charge is -1.92. The topological polar surface area (TPSA) is 32.6 Å². The molecule has 1 aromatic rings. The summed E-state index contributed by atoms with van der Waals surface area (Å²) in [6.45, 7) is 1.75. The van der Waals surface area contributed by atoms with Crippen LogP contribution < -0.4 is 0 Å². The summed E-state index contributed by atoms with van der Waals surface area (Å²) in [5, 5.41) is 11.7. The first-order valence-electron chi connectivity index (χ1n) is 2.90. The number of hydrogen-bond donors (Lipinski definition) is 1. The molecule has 66 valence electrons. The fourth-order valence-electron chi connectivity index (χ4n) is 0.643. The van der Waals surface area contributed by atoms with Gasteiger partial charge in [-0.1, -0.05) is 5.16 Å². The van der Waals surface area contributed by atoms with Crippen molar-refractivity contribution in [1.29, 1.82) is 0 Å². The summed E-state index contributed by atoms with van der Waals surface area (Å²) >= 11 is 11.6. The highest BCUT2D eigenvalue weighted by Gasteiger charge is 2.14.